The second-order valence-corrected chi connectivity index (χ2v) is 4.84. The molecule has 0 radical (unpaired) electrons. The first kappa shape index (κ1) is 10.9. The van der Waals surface area contributed by atoms with Crippen LogP contribution in [0.4, 0.5) is 0 Å². The summed E-state index contributed by atoms with van der Waals surface area (Å²) in [4.78, 5) is 11.8. The summed E-state index contributed by atoms with van der Waals surface area (Å²) in [5, 5.41) is 6.26. The van der Waals surface area contributed by atoms with Crippen LogP contribution in [0.2, 0.25) is 0 Å². The molecule has 4 nitrogen and oxygen atoms in total. The van der Waals surface area contributed by atoms with Crippen molar-refractivity contribution in [2.75, 3.05) is 13.7 Å². The molecule has 15 heavy (non-hydrogen) atoms. The van der Waals surface area contributed by atoms with Gasteiger partial charge in [-0.3, -0.25) is 4.79 Å². The van der Waals surface area contributed by atoms with E-state index >= 15 is 0 Å². The van der Waals surface area contributed by atoms with Gasteiger partial charge in [0.15, 0.2) is 0 Å². The quantitative estimate of drug-likeness (QED) is 0.706. The number of amides is 1. The number of hydrogen-bond acceptors (Lipinski definition) is 3. The molecular weight excluding hydrogens is 192 g/mol. The van der Waals surface area contributed by atoms with Gasteiger partial charge in [0.25, 0.3) is 0 Å². The summed E-state index contributed by atoms with van der Waals surface area (Å²) in [6.07, 6.45) is 3.25. The Balaban J connectivity index is 1.72. The first-order valence-corrected chi connectivity index (χ1v) is 5.75. The fourth-order valence-corrected chi connectivity index (χ4v) is 2.40. The van der Waals surface area contributed by atoms with Crippen LogP contribution in [0.1, 0.15) is 26.2 Å². The number of nitrogens with one attached hydrogen (secondary N) is 2. The molecule has 0 bridgehead atoms. The van der Waals surface area contributed by atoms with Gasteiger partial charge in [0.1, 0.15) is 0 Å². The fourth-order valence-electron chi connectivity index (χ4n) is 2.40. The summed E-state index contributed by atoms with van der Waals surface area (Å²) < 4.78 is 5.21. The highest BCUT2D eigenvalue weighted by Gasteiger charge is 2.33. The first-order valence-electron chi connectivity index (χ1n) is 5.75. The highest BCUT2D eigenvalue weighted by Crippen LogP contribution is 2.26. The Morgan fingerprint density at radius 2 is 2.13 bits per heavy atom. The van der Waals surface area contributed by atoms with Crippen molar-refractivity contribution in [3.8, 4) is 0 Å². The zero-order chi connectivity index (χ0) is 10.8. The molecule has 0 aromatic rings. The average Bonchev–Trinajstić information content (AvgIpc) is 2.63. The van der Waals surface area contributed by atoms with E-state index in [0.717, 1.165) is 31.7 Å². The Kier molecular flexibility index (Phi) is 3.26. The molecule has 1 saturated carbocycles. The van der Waals surface area contributed by atoms with Crippen molar-refractivity contribution in [1.29, 1.82) is 0 Å². The smallest absolute Gasteiger partial charge is 0.237 e. The molecule has 2 aliphatic rings. The SMILES string of the molecule is COC1CNC(C(=O)NC2CC(C)C2)C1. The molecule has 2 atom stereocenters. The van der Waals surface area contributed by atoms with E-state index in [9.17, 15) is 4.79 Å². The molecular formula is C11H20N2O2. The number of hydrogen-bond donors (Lipinski definition) is 2. The van der Waals surface area contributed by atoms with Crippen LogP contribution in [0.15, 0.2) is 0 Å². The van der Waals surface area contributed by atoms with Crippen molar-refractivity contribution in [3.05, 3.63) is 0 Å². The summed E-state index contributed by atoms with van der Waals surface area (Å²) in [5.41, 5.74) is 0. The lowest BCUT2D eigenvalue weighted by Gasteiger charge is -2.34. The molecule has 2 N–H and O–H groups in total. The predicted molar refractivity (Wildman–Crippen MR) is 57.5 cm³/mol. The van der Waals surface area contributed by atoms with E-state index < -0.39 is 0 Å². The van der Waals surface area contributed by atoms with Gasteiger partial charge in [-0.15, -0.1) is 0 Å². The number of methoxy groups -OCH3 is 1. The van der Waals surface area contributed by atoms with E-state index in [1.54, 1.807) is 7.11 Å². The topological polar surface area (TPSA) is 50.4 Å². The zero-order valence-corrected chi connectivity index (χ0v) is 9.45. The minimum absolute atomic E-state index is 0.0501. The van der Waals surface area contributed by atoms with Crippen molar-refractivity contribution in [1.82, 2.24) is 10.6 Å². The lowest BCUT2D eigenvalue weighted by molar-refractivity contribution is -0.124. The summed E-state index contributed by atoms with van der Waals surface area (Å²) in [5.74, 6) is 0.921. The van der Waals surface area contributed by atoms with Gasteiger partial charge in [0, 0.05) is 19.7 Å². The lowest BCUT2D eigenvalue weighted by Crippen LogP contribution is -2.49. The predicted octanol–water partition coefficient (Wildman–Crippen LogP) is 0.278. The molecule has 1 saturated heterocycles. The van der Waals surface area contributed by atoms with E-state index in [1.165, 1.54) is 0 Å². The standard InChI is InChI=1S/C11H20N2O2/c1-7-3-8(4-7)13-11(14)10-5-9(15-2)6-12-10/h7-10,12H,3-6H2,1-2H3,(H,13,14). The van der Waals surface area contributed by atoms with Crippen molar-refractivity contribution in [3.63, 3.8) is 0 Å². The molecule has 0 spiro atoms. The van der Waals surface area contributed by atoms with Crippen LogP contribution >= 0.6 is 0 Å². The Bertz CT molecular complexity index is 239. The number of ether oxygens (including phenoxy) is 1. The van der Waals surface area contributed by atoms with Crippen LogP contribution in [-0.2, 0) is 9.53 Å². The second kappa shape index (κ2) is 4.49. The molecule has 1 aliphatic heterocycles. The molecule has 4 heteroatoms. The van der Waals surface area contributed by atoms with Gasteiger partial charge < -0.3 is 15.4 Å². The summed E-state index contributed by atoms with van der Waals surface area (Å²) >= 11 is 0. The van der Waals surface area contributed by atoms with Crippen LogP contribution < -0.4 is 10.6 Å². The molecule has 2 fully saturated rings. The van der Waals surface area contributed by atoms with Gasteiger partial charge >= 0.3 is 0 Å². The average molecular weight is 212 g/mol. The van der Waals surface area contributed by atoms with Gasteiger partial charge in [-0.25, -0.2) is 0 Å². The third kappa shape index (κ3) is 2.49. The molecule has 0 aromatic heterocycles. The van der Waals surface area contributed by atoms with Crippen molar-refractivity contribution in [2.24, 2.45) is 5.92 Å². The zero-order valence-electron chi connectivity index (χ0n) is 9.45. The molecule has 1 amide bonds. The normalized spacial score (nSPS) is 39.9. The molecule has 2 unspecified atom stereocenters. The summed E-state index contributed by atoms with van der Waals surface area (Å²) in [6.45, 7) is 3.01. The van der Waals surface area contributed by atoms with Crippen molar-refractivity contribution >= 4 is 5.91 Å². The minimum Gasteiger partial charge on any atom is -0.380 e. The number of carbonyl (C=O) groups excluding carboxylic acids is 1. The number of rotatable bonds is 3. The maximum atomic E-state index is 11.8. The summed E-state index contributed by atoms with van der Waals surface area (Å²) in [7, 11) is 1.69. The molecule has 1 heterocycles. The van der Waals surface area contributed by atoms with Crippen LogP contribution in [0.25, 0.3) is 0 Å². The van der Waals surface area contributed by atoms with E-state index in [4.69, 9.17) is 4.74 Å². The van der Waals surface area contributed by atoms with E-state index in [1.807, 2.05) is 0 Å². The lowest BCUT2D eigenvalue weighted by atomic mass is 9.82. The van der Waals surface area contributed by atoms with E-state index in [-0.39, 0.29) is 18.1 Å². The molecule has 1 aliphatic carbocycles. The maximum absolute atomic E-state index is 11.8. The molecule has 2 rings (SSSR count). The van der Waals surface area contributed by atoms with Crippen LogP contribution in [0, 0.1) is 5.92 Å². The summed E-state index contributed by atoms with van der Waals surface area (Å²) in [6, 6.07) is 0.363. The largest absolute Gasteiger partial charge is 0.380 e. The van der Waals surface area contributed by atoms with Gasteiger partial charge in [-0.2, -0.15) is 0 Å². The molecule has 0 aromatic carbocycles. The van der Waals surface area contributed by atoms with E-state index in [2.05, 4.69) is 17.6 Å². The highest BCUT2D eigenvalue weighted by atomic mass is 16.5. The van der Waals surface area contributed by atoms with Gasteiger partial charge in [-0.1, -0.05) is 6.92 Å². The second-order valence-electron chi connectivity index (χ2n) is 4.84. The Morgan fingerprint density at radius 3 is 2.67 bits per heavy atom. The van der Waals surface area contributed by atoms with E-state index in [0.29, 0.717) is 6.04 Å². The van der Waals surface area contributed by atoms with Gasteiger partial charge in [0.05, 0.1) is 12.1 Å². The Morgan fingerprint density at radius 1 is 1.40 bits per heavy atom. The Hall–Kier alpha value is -0.610. The monoisotopic (exact) mass is 212 g/mol. The van der Waals surface area contributed by atoms with Gasteiger partial charge in [-0.05, 0) is 25.2 Å². The van der Waals surface area contributed by atoms with Crippen LogP contribution in [-0.4, -0.2) is 37.7 Å². The number of carbonyl (C=O) groups is 1. The van der Waals surface area contributed by atoms with Crippen LogP contribution in [0.5, 0.6) is 0 Å². The highest BCUT2D eigenvalue weighted by molar-refractivity contribution is 5.82. The maximum Gasteiger partial charge on any atom is 0.237 e. The first-order chi connectivity index (χ1) is 7.19. The minimum atomic E-state index is -0.0501. The molecule has 86 valence electrons. The Labute approximate surface area is 90.8 Å². The third-order valence-electron chi connectivity index (χ3n) is 3.46. The third-order valence-corrected chi connectivity index (χ3v) is 3.46. The fraction of sp³-hybridized carbons (Fsp3) is 0.909. The van der Waals surface area contributed by atoms with Crippen molar-refractivity contribution < 1.29 is 9.53 Å². The van der Waals surface area contributed by atoms with Crippen LogP contribution in [0.3, 0.4) is 0 Å². The van der Waals surface area contributed by atoms with Gasteiger partial charge in [0.2, 0.25) is 5.91 Å². The van der Waals surface area contributed by atoms with Crippen molar-refractivity contribution in [2.45, 2.75) is 44.4 Å².